The van der Waals surface area contributed by atoms with Crippen LogP contribution in [0.4, 0.5) is 5.69 Å². The van der Waals surface area contributed by atoms with E-state index in [9.17, 15) is 14.4 Å². The fourth-order valence-electron chi connectivity index (χ4n) is 6.61. The van der Waals surface area contributed by atoms with Gasteiger partial charge in [0.05, 0.1) is 14.2 Å². The number of carbonyl (C=O) groups is 3. The van der Waals surface area contributed by atoms with Gasteiger partial charge in [-0.3, -0.25) is 14.4 Å². The number of carbonyl (C=O) groups excluding carboxylic acids is 3. The van der Waals surface area contributed by atoms with E-state index < -0.39 is 0 Å². The van der Waals surface area contributed by atoms with Crippen molar-refractivity contribution in [3.8, 4) is 11.8 Å². The molecule has 0 N–H and O–H groups in total. The Hall–Kier alpha value is -3.44. The highest BCUT2D eigenvalue weighted by Crippen LogP contribution is 2.34. The van der Waals surface area contributed by atoms with Crippen molar-refractivity contribution < 1.29 is 23.9 Å². The molecule has 3 fully saturated rings. The molecule has 2 unspecified atom stereocenters. The smallest absolute Gasteiger partial charge is 0.259 e. The molecule has 2 atom stereocenters. The zero-order valence-corrected chi connectivity index (χ0v) is 26.2. The van der Waals surface area contributed by atoms with E-state index in [0.717, 1.165) is 37.3 Å². The van der Waals surface area contributed by atoms with E-state index in [4.69, 9.17) is 21.1 Å². The summed E-state index contributed by atoms with van der Waals surface area (Å²) in [6, 6.07) is 7.39. The molecular weight excluding hydrogens is 572 g/mol. The number of anilines is 1. The molecule has 5 rings (SSSR count). The second-order valence-corrected chi connectivity index (χ2v) is 12.3. The summed E-state index contributed by atoms with van der Waals surface area (Å²) >= 11 is 6.46. The summed E-state index contributed by atoms with van der Waals surface area (Å²) in [6.07, 6.45) is 2.17. The average Bonchev–Trinajstić information content (AvgIpc) is 3.59. The third-order valence-electron chi connectivity index (χ3n) is 9.10. The van der Waals surface area contributed by atoms with Crippen LogP contribution in [0, 0.1) is 24.7 Å². The van der Waals surface area contributed by atoms with Gasteiger partial charge in [-0.15, -0.1) is 10.2 Å². The second kappa shape index (κ2) is 13.5. The maximum atomic E-state index is 13.8. The molecule has 3 aliphatic heterocycles. The van der Waals surface area contributed by atoms with Crippen LogP contribution in [0.25, 0.3) is 0 Å². The predicted molar refractivity (Wildman–Crippen MR) is 163 cm³/mol. The van der Waals surface area contributed by atoms with Crippen LogP contribution < -0.4 is 14.4 Å². The van der Waals surface area contributed by atoms with Gasteiger partial charge >= 0.3 is 0 Å². The Bertz CT molecular complexity index is 1340. The van der Waals surface area contributed by atoms with Gasteiger partial charge in [-0.05, 0) is 62.3 Å². The van der Waals surface area contributed by atoms with Gasteiger partial charge in [0, 0.05) is 75.4 Å². The number of fused-ring (bicyclic) bond motifs is 1. The minimum absolute atomic E-state index is 0.0604. The Kier molecular flexibility index (Phi) is 9.71. The first-order chi connectivity index (χ1) is 20.7. The van der Waals surface area contributed by atoms with Crippen LogP contribution in [0.15, 0.2) is 24.3 Å². The molecule has 4 heterocycles. The molecule has 0 bridgehead atoms. The number of aromatic nitrogens is 2. The number of methoxy groups -OCH3 is 2. The highest BCUT2D eigenvalue weighted by Gasteiger charge is 2.42. The summed E-state index contributed by atoms with van der Waals surface area (Å²) in [6.45, 7) is 9.41. The topological polar surface area (TPSA) is 108 Å². The van der Waals surface area contributed by atoms with Gasteiger partial charge in [0.15, 0.2) is 0 Å². The Balaban J connectivity index is 1.17. The van der Waals surface area contributed by atoms with E-state index in [1.54, 1.807) is 13.0 Å². The van der Waals surface area contributed by atoms with E-state index in [-0.39, 0.29) is 35.4 Å². The predicted octanol–water partition coefficient (Wildman–Crippen LogP) is 3.14. The van der Waals surface area contributed by atoms with Crippen molar-refractivity contribution in [2.75, 3.05) is 71.5 Å². The van der Waals surface area contributed by atoms with E-state index in [1.807, 2.05) is 39.8 Å². The largest absolute Gasteiger partial charge is 0.480 e. The number of nitrogens with zero attached hydrogens (tertiary/aromatic N) is 6. The van der Waals surface area contributed by atoms with Crippen molar-refractivity contribution in [3.05, 3.63) is 40.4 Å². The Morgan fingerprint density at radius 2 is 1.67 bits per heavy atom. The van der Waals surface area contributed by atoms with Crippen molar-refractivity contribution in [2.24, 2.45) is 17.8 Å². The van der Waals surface area contributed by atoms with Crippen LogP contribution in [0.1, 0.15) is 42.1 Å². The molecule has 3 amide bonds. The zero-order chi connectivity index (χ0) is 30.7. The number of hydrogen-bond donors (Lipinski definition) is 0. The van der Waals surface area contributed by atoms with Crippen LogP contribution in [-0.2, 0) is 9.59 Å². The van der Waals surface area contributed by atoms with Crippen molar-refractivity contribution in [1.29, 1.82) is 0 Å². The maximum Gasteiger partial charge on any atom is 0.259 e. The molecule has 43 heavy (non-hydrogen) atoms. The number of aryl methyl sites for hydroxylation is 1. The fraction of sp³-hybridized carbons (Fsp3) is 0.581. The van der Waals surface area contributed by atoms with Crippen LogP contribution in [-0.4, -0.2) is 109 Å². The molecule has 0 aliphatic carbocycles. The number of hydrogen-bond acceptors (Lipinski definition) is 8. The minimum Gasteiger partial charge on any atom is -0.480 e. The molecule has 11 nitrogen and oxygen atoms in total. The average molecular weight is 613 g/mol. The van der Waals surface area contributed by atoms with Crippen molar-refractivity contribution in [2.45, 2.75) is 33.1 Å². The maximum absolute atomic E-state index is 13.8. The van der Waals surface area contributed by atoms with Crippen LogP contribution in [0.2, 0.25) is 5.02 Å². The molecular formula is C31H41ClN6O5. The molecule has 2 aromatic rings. The quantitative estimate of drug-likeness (QED) is 0.425. The third-order valence-corrected chi connectivity index (χ3v) is 9.51. The lowest BCUT2D eigenvalue weighted by Gasteiger charge is -2.34. The zero-order valence-electron chi connectivity index (χ0n) is 25.4. The normalized spacial score (nSPS) is 20.7. The van der Waals surface area contributed by atoms with E-state index in [2.05, 4.69) is 15.1 Å². The monoisotopic (exact) mass is 612 g/mol. The SMILES string of the molecule is COc1cc(C(=O)N2CC3CN(CCCN(C(=O)C4CCN(C(C)=O)CC4)c4ccc(C)c(Cl)c4)CC3C2)c(OC)nn1. The van der Waals surface area contributed by atoms with Crippen LogP contribution >= 0.6 is 11.6 Å². The molecule has 1 aromatic heterocycles. The number of piperidine rings is 1. The lowest BCUT2D eigenvalue weighted by atomic mass is 9.94. The van der Waals surface area contributed by atoms with Gasteiger partial charge in [-0.2, -0.15) is 0 Å². The fourth-order valence-corrected chi connectivity index (χ4v) is 6.78. The lowest BCUT2D eigenvalue weighted by molar-refractivity contribution is -0.133. The van der Waals surface area contributed by atoms with Gasteiger partial charge < -0.3 is 29.1 Å². The number of likely N-dealkylation sites (tertiary alicyclic amines) is 3. The van der Waals surface area contributed by atoms with Gasteiger partial charge in [0.2, 0.25) is 23.6 Å². The minimum atomic E-state index is -0.119. The van der Waals surface area contributed by atoms with Gasteiger partial charge in [0.1, 0.15) is 5.56 Å². The number of benzene rings is 1. The highest BCUT2D eigenvalue weighted by molar-refractivity contribution is 6.31. The summed E-state index contributed by atoms with van der Waals surface area (Å²) in [4.78, 5) is 46.9. The first kappa shape index (κ1) is 31.0. The molecule has 3 aliphatic rings. The second-order valence-electron chi connectivity index (χ2n) is 11.9. The molecule has 0 spiro atoms. The van der Waals surface area contributed by atoms with Gasteiger partial charge in [-0.25, -0.2) is 0 Å². The Morgan fingerprint density at radius 3 is 2.28 bits per heavy atom. The summed E-state index contributed by atoms with van der Waals surface area (Å²) in [5.74, 6) is 1.20. The van der Waals surface area contributed by atoms with Crippen LogP contribution in [0.3, 0.4) is 0 Å². The first-order valence-electron chi connectivity index (χ1n) is 15.0. The summed E-state index contributed by atoms with van der Waals surface area (Å²) < 4.78 is 10.4. The van der Waals surface area contributed by atoms with Gasteiger partial charge in [-0.1, -0.05) is 17.7 Å². The first-order valence-corrected chi connectivity index (χ1v) is 15.4. The van der Waals surface area contributed by atoms with Crippen molar-refractivity contribution in [3.63, 3.8) is 0 Å². The molecule has 0 saturated carbocycles. The Morgan fingerprint density at radius 1 is 0.977 bits per heavy atom. The van der Waals surface area contributed by atoms with Crippen LogP contribution in [0.5, 0.6) is 11.8 Å². The molecule has 0 radical (unpaired) electrons. The summed E-state index contributed by atoms with van der Waals surface area (Å²) in [5.41, 5.74) is 2.15. The summed E-state index contributed by atoms with van der Waals surface area (Å²) in [5, 5.41) is 8.52. The van der Waals surface area contributed by atoms with Crippen molar-refractivity contribution >= 4 is 35.0 Å². The summed E-state index contributed by atoms with van der Waals surface area (Å²) in [7, 11) is 2.97. The third kappa shape index (κ3) is 6.88. The van der Waals surface area contributed by atoms with E-state index in [0.29, 0.717) is 68.0 Å². The number of amides is 3. The van der Waals surface area contributed by atoms with E-state index in [1.165, 1.54) is 14.2 Å². The highest BCUT2D eigenvalue weighted by atomic mass is 35.5. The van der Waals surface area contributed by atoms with E-state index >= 15 is 0 Å². The van der Waals surface area contributed by atoms with Crippen molar-refractivity contribution in [1.82, 2.24) is 24.9 Å². The Labute approximate surface area is 258 Å². The number of ether oxygens (including phenoxy) is 2. The lowest BCUT2D eigenvalue weighted by Crippen LogP contribution is -2.44. The molecule has 12 heteroatoms. The molecule has 1 aromatic carbocycles. The standard InChI is InChI=1S/C31H41ClN6O5/c1-20-6-7-25(14-27(20)32)38(30(40)22-8-12-36(13-9-22)21(2)39)11-5-10-35-16-23-18-37(19-24(23)17-35)31(41)26-15-28(42-3)33-34-29(26)43-4/h6-7,14-15,22-24H,5,8-13,16-19H2,1-4H3. The molecule has 232 valence electrons. The molecule has 3 saturated heterocycles. The van der Waals surface area contributed by atoms with Gasteiger partial charge in [0.25, 0.3) is 5.91 Å². The number of rotatable bonds is 9. The number of halogens is 1.